The molecular weight excluding hydrogens is 274 g/mol. The fraction of sp³-hybridized carbons (Fsp3) is 0.286. The number of morpholine rings is 1. The molecule has 0 bridgehead atoms. The minimum atomic E-state index is -0.534. The third-order valence-corrected chi connectivity index (χ3v) is 3.42. The summed E-state index contributed by atoms with van der Waals surface area (Å²) in [5.74, 6) is -0.226. The molecule has 3 rings (SSSR count). The summed E-state index contributed by atoms with van der Waals surface area (Å²) in [6, 6.07) is 6.43. The van der Waals surface area contributed by atoms with Crippen LogP contribution in [0.15, 0.2) is 29.1 Å². The summed E-state index contributed by atoms with van der Waals surface area (Å²) in [5.41, 5.74) is -0.151. The smallest absolute Gasteiger partial charge is 0.322 e. The number of pyridine rings is 1. The number of urea groups is 1. The van der Waals surface area contributed by atoms with Crippen molar-refractivity contribution in [2.45, 2.75) is 0 Å². The lowest BCUT2D eigenvalue weighted by Crippen LogP contribution is -2.43. The van der Waals surface area contributed by atoms with E-state index in [1.807, 2.05) is 0 Å². The van der Waals surface area contributed by atoms with E-state index >= 15 is 0 Å². The van der Waals surface area contributed by atoms with Crippen molar-refractivity contribution >= 4 is 22.6 Å². The van der Waals surface area contributed by atoms with Crippen LogP contribution in [0.3, 0.4) is 0 Å². The van der Waals surface area contributed by atoms with Crippen molar-refractivity contribution in [2.24, 2.45) is 0 Å². The Morgan fingerprint density at radius 1 is 1.29 bits per heavy atom. The number of benzene rings is 1. The summed E-state index contributed by atoms with van der Waals surface area (Å²) in [6.45, 7) is 1.84. The molecule has 0 radical (unpaired) electrons. The van der Waals surface area contributed by atoms with Crippen molar-refractivity contribution in [2.75, 3.05) is 31.6 Å². The second-order valence-electron chi connectivity index (χ2n) is 4.75. The van der Waals surface area contributed by atoms with Crippen LogP contribution in [0.4, 0.5) is 10.5 Å². The lowest BCUT2D eigenvalue weighted by atomic mass is 10.2. The van der Waals surface area contributed by atoms with Crippen LogP contribution in [0.5, 0.6) is 5.75 Å². The van der Waals surface area contributed by atoms with Crippen LogP contribution < -0.4 is 10.9 Å². The first-order valence-electron chi connectivity index (χ1n) is 6.64. The van der Waals surface area contributed by atoms with Gasteiger partial charge in [0.25, 0.3) is 5.56 Å². The Labute approximate surface area is 120 Å². The molecule has 2 aromatic rings. The van der Waals surface area contributed by atoms with E-state index < -0.39 is 11.6 Å². The van der Waals surface area contributed by atoms with Crippen LogP contribution >= 0.6 is 0 Å². The first-order chi connectivity index (χ1) is 10.2. The number of para-hydroxylation sites is 1. The minimum absolute atomic E-state index is 0.134. The van der Waals surface area contributed by atoms with Crippen molar-refractivity contribution in [3.63, 3.8) is 0 Å². The van der Waals surface area contributed by atoms with Crippen molar-refractivity contribution < 1.29 is 14.6 Å². The molecule has 21 heavy (non-hydrogen) atoms. The van der Waals surface area contributed by atoms with Gasteiger partial charge in [0.1, 0.15) is 0 Å². The van der Waals surface area contributed by atoms with Crippen molar-refractivity contribution in [1.29, 1.82) is 0 Å². The summed E-state index contributed by atoms with van der Waals surface area (Å²) in [5, 5.41) is 13.2. The molecule has 0 atom stereocenters. The molecule has 1 fully saturated rings. The summed E-state index contributed by atoms with van der Waals surface area (Å²) in [7, 11) is 0. The molecule has 7 nitrogen and oxygen atoms in total. The van der Waals surface area contributed by atoms with Gasteiger partial charge in [-0.2, -0.15) is 0 Å². The largest absolute Gasteiger partial charge is 0.505 e. The number of fused-ring (bicyclic) bond motifs is 1. The van der Waals surface area contributed by atoms with E-state index in [1.54, 1.807) is 24.3 Å². The zero-order valence-corrected chi connectivity index (χ0v) is 11.3. The predicted molar refractivity (Wildman–Crippen MR) is 77.6 cm³/mol. The molecule has 1 saturated heterocycles. The van der Waals surface area contributed by atoms with E-state index in [2.05, 4.69) is 10.3 Å². The van der Waals surface area contributed by atoms with Crippen molar-refractivity contribution in [3.8, 4) is 5.75 Å². The fourth-order valence-corrected chi connectivity index (χ4v) is 2.29. The highest BCUT2D eigenvalue weighted by Crippen LogP contribution is 2.28. The number of hydrogen-bond donors (Lipinski definition) is 3. The maximum absolute atomic E-state index is 12.1. The number of aromatic hydroxyl groups is 1. The zero-order valence-electron chi connectivity index (χ0n) is 11.3. The Hall–Kier alpha value is -2.54. The molecule has 110 valence electrons. The molecule has 2 heterocycles. The highest BCUT2D eigenvalue weighted by atomic mass is 16.5. The average molecular weight is 289 g/mol. The summed E-state index contributed by atoms with van der Waals surface area (Å²) in [4.78, 5) is 28.3. The lowest BCUT2D eigenvalue weighted by Gasteiger charge is -2.26. The molecule has 1 aliphatic rings. The Morgan fingerprint density at radius 2 is 2.00 bits per heavy atom. The van der Waals surface area contributed by atoms with Crippen LogP contribution in [-0.4, -0.2) is 47.3 Å². The average Bonchev–Trinajstić information content (AvgIpc) is 2.52. The number of nitrogens with one attached hydrogen (secondary N) is 2. The second kappa shape index (κ2) is 5.45. The third kappa shape index (κ3) is 2.55. The number of anilines is 1. The standard InChI is InChI=1S/C14H15N3O4/c18-12-9-3-1-2-4-10(9)15-13(19)11(12)16-14(20)17-5-7-21-8-6-17/h1-4H,5-8H2,(H,16,20)(H2,15,18,19). The number of aromatic nitrogens is 1. The second-order valence-corrected chi connectivity index (χ2v) is 4.75. The van der Waals surface area contributed by atoms with Gasteiger partial charge in [-0.3, -0.25) is 10.1 Å². The number of rotatable bonds is 1. The van der Waals surface area contributed by atoms with Gasteiger partial charge in [0.2, 0.25) is 0 Å². The molecule has 7 heteroatoms. The number of amides is 2. The number of hydrogen-bond acceptors (Lipinski definition) is 4. The molecule has 0 aliphatic carbocycles. The van der Waals surface area contributed by atoms with E-state index in [0.29, 0.717) is 37.2 Å². The first kappa shape index (κ1) is 13.4. The normalized spacial score (nSPS) is 15.1. The van der Waals surface area contributed by atoms with Gasteiger partial charge in [-0.15, -0.1) is 0 Å². The van der Waals surface area contributed by atoms with Gasteiger partial charge in [0.15, 0.2) is 11.4 Å². The molecule has 0 unspecified atom stereocenters. The van der Waals surface area contributed by atoms with Gasteiger partial charge < -0.3 is 19.7 Å². The maximum Gasteiger partial charge on any atom is 0.322 e. The maximum atomic E-state index is 12.1. The van der Waals surface area contributed by atoms with Gasteiger partial charge in [0, 0.05) is 18.5 Å². The van der Waals surface area contributed by atoms with E-state index in [9.17, 15) is 14.7 Å². The van der Waals surface area contributed by atoms with E-state index in [-0.39, 0.29) is 11.4 Å². The number of H-pyrrole nitrogens is 1. The Morgan fingerprint density at radius 3 is 2.76 bits per heavy atom. The summed E-state index contributed by atoms with van der Waals surface area (Å²) < 4.78 is 5.17. The summed E-state index contributed by atoms with van der Waals surface area (Å²) >= 11 is 0. The highest BCUT2D eigenvalue weighted by molar-refractivity contribution is 5.96. The SMILES string of the molecule is O=C(Nc1c(O)c2ccccc2[nH]c1=O)N1CCOCC1. The number of ether oxygens (including phenoxy) is 1. The number of aromatic amines is 1. The van der Waals surface area contributed by atoms with Crippen molar-refractivity contribution in [3.05, 3.63) is 34.6 Å². The minimum Gasteiger partial charge on any atom is -0.505 e. The van der Waals surface area contributed by atoms with E-state index in [4.69, 9.17) is 4.74 Å². The number of carbonyl (C=O) groups is 1. The van der Waals surface area contributed by atoms with E-state index in [0.717, 1.165) is 0 Å². The fourth-order valence-electron chi connectivity index (χ4n) is 2.29. The number of carbonyl (C=O) groups excluding carboxylic acids is 1. The monoisotopic (exact) mass is 289 g/mol. The van der Waals surface area contributed by atoms with Crippen LogP contribution in [0.25, 0.3) is 10.9 Å². The first-order valence-corrected chi connectivity index (χ1v) is 6.64. The van der Waals surface area contributed by atoms with Crippen LogP contribution in [0.1, 0.15) is 0 Å². The molecule has 1 aromatic carbocycles. The van der Waals surface area contributed by atoms with Crippen LogP contribution in [0, 0.1) is 0 Å². The molecule has 1 aromatic heterocycles. The van der Waals surface area contributed by atoms with E-state index in [1.165, 1.54) is 4.90 Å². The molecule has 0 saturated carbocycles. The number of nitrogens with zero attached hydrogens (tertiary/aromatic N) is 1. The molecule has 0 spiro atoms. The predicted octanol–water partition coefficient (Wildman–Crippen LogP) is 1.10. The van der Waals surface area contributed by atoms with Crippen LogP contribution in [-0.2, 0) is 4.74 Å². The van der Waals surface area contributed by atoms with Gasteiger partial charge in [-0.25, -0.2) is 4.79 Å². The van der Waals surface area contributed by atoms with Gasteiger partial charge >= 0.3 is 6.03 Å². The van der Waals surface area contributed by atoms with Crippen molar-refractivity contribution in [1.82, 2.24) is 9.88 Å². The van der Waals surface area contributed by atoms with Gasteiger partial charge in [-0.05, 0) is 12.1 Å². The zero-order chi connectivity index (χ0) is 14.8. The molecule has 2 amide bonds. The molecule has 1 aliphatic heterocycles. The Bertz CT molecular complexity index is 735. The topological polar surface area (TPSA) is 94.7 Å². The van der Waals surface area contributed by atoms with Gasteiger partial charge in [0.05, 0.1) is 18.7 Å². The third-order valence-electron chi connectivity index (χ3n) is 3.42. The summed E-state index contributed by atoms with van der Waals surface area (Å²) in [6.07, 6.45) is 0. The molecule has 3 N–H and O–H groups in total. The highest BCUT2D eigenvalue weighted by Gasteiger charge is 2.20. The lowest BCUT2D eigenvalue weighted by molar-refractivity contribution is 0.0564. The quantitative estimate of drug-likeness (QED) is 0.732. The Balaban J connectivity index is 1.93. The molecular formula is C14H15N3O4. The van der Waals surface area contributed by atoms with Gasteiger partial charge in [-0.1, -0.05) is 12.1 Å². The Kier molecular flexibility index (Phi) is 3.49. The van der Waals surface area contributed by atoms with Crippen LogP contribution in [0.2, 0.25) is 0 Å².